The number of aromatic nitrogens is 5. The van der Waals surface area contributed by atoms with E-state index in [9.17, 15) is 0 Å². The summed E-state index contributed by atoms with van der Waals surface area (Å²) in [5, 5.41) is 8.57. The highest BCUT2D eigenvalue weighted by Gasteiger charge is 2.10. The molecule has 0 radical (unpaired) electrons. The van der Waals surface area contributed by atoms with E-state index in [1.165, 1.54) is 0 Å². The molecule has 0 aliphatic carbocycles. The van der Waals surface area contributed by atoms with Crippen LogP contribution in [0.5, 0.6) is 0 Å². The number of aromatic amines is 1. The van der Waals surface area contributed by atoms with Crippen LogP contribution in [0.3, 0.4) is 0 Å². The second kappa shape index (κ2) is 5.32. The van der Waals surface area contributed by atoms with Crippen LogP contribution in [0.25, 0.3) is 22.4 Å². The molecule has 0 saturated carbocycles. The molecule has 0 bridgehead atoms. The predicted octanol–water partition coefficient (Wildman–Crippen LogP) is 2.57. The maximum Gasteiger partial charge on any atom is 0.143 e. The normalized spacial score (nSPS) is 11.1. The topological polar surface area (TPSA) is 71.4 Å². The van der Waals surface area contributed by atoms with Crippen molar-refractivity contribution in [3.8, 4) is 11.4 Å². The first kappa shape index (κ1) is 12.7. The van der Waals surface area contributed by atoms with Crippen LogP contribution in [0.1, 0.15) is 19.8 Å². The predicted molar refractivity (Wildman–Crippen MR) is 79.5 cm³/mol. The lowest BCUT2D eigenvalue weighted by molar-refractivity contribution is 0.774. The summed E-state index contributed by atoms with van der Waals surface area (Å²) >= 11 is 0. The molecule has 0 amide bonds. The van der Waals surface area contributed by atoms with Crippen LogP contribution >= 0.6 is 0 Å². The van der Waals surface area contributed by atoms with Crippen LogP contribution in [-0.2, 0) is 7.05 Å². The fraction of sp³-hybridized carbons (Fsp3) is 0.357. The molecule has 0 aromatic carbocycles. The molecule has 0 aliphatic heterocycles. The molecule has 2 N–H and O–H groups in total. The number of H-pyrrole nitrogens is 1. The molecular formula is C14H18N6. The summed E-state index contributed by atoms with van der Waals surface area (Å²) in [6.45, 7) is 3.10. The molecule has 0 aliphatic rings. The average molecular weight is 270 g/mol. The molecule has 0 fully saturated rings. The van der Waals surface area contributed by atoms with Gasteiger partial charge >= 0.3 is 0 Å². The van der Waals surface area contributed by atoms with Crippen LogP contribution in [0.2, 0.25) is 0 Å². The molecule has 0 spiro atoms. The summed E-state index contributed by atoms with van der Waals surface area (Å²) in [6, 6.07) is 4.04. The number of anilines is 1. The van der Waals surface area contributed by atoms with E-state index in [2.05, 4.69) is 38.4 Å². The largest absolute Gasteiger partial charge is 0.369 e. The Morgan fingerprint density at radius 1 is 1.35 bits per heavy atom. The van der Waals surface area contributed by atoms with Gasteiger partial charge in [-0.3, -0.25) is 4.68 Å². The second-order valence-corrected chi connectivity index (χ2v) is 4.79. The summed E-state index contributed by atoms with van der Waals surface area (Å²) < 4.78 is 1.84. The van der Waals surface area contributed by atoms with Gasteiger partial charge in [0.05, 0.1) is 16.8 Å². The zero-order valence-corrected chi connectivity index (χ0v) is 11.7. The van der Waals surface area contributed by atoms with Gasteiger partial charge in [-0.2, -0.15) is 5.10 Å². The van der Waals surface area contributed by atoms with E-state index in [1.807, 2.05) is 17.8 Å². The first-order valence-electron chi connectivity index (χ1n) is 6.85. The number of unbranched alkanes of at least 4 members (excludes halogenated alkanes) is 1. The summed E-state index contributed by atoms with van der Waals surface area (Å²) in [6.07, 6.45) is 5.66. The number of fused-ring (bicyclic) bond motifs is 1. The third-order valence-electron chi connectivity index (χ3n) is 3.35. The minimum atomic E-state index is 0.843. The van der Waals surface area contributed by atoms with E-state index in [0.717, 1.165) is 47.6 Å². The van der Waals surface area contributed by atoms with Gasteiger partial charge in [-0.1, -0.05) is 13.3 Å². The van der Waals surface area contributed by atoms with E-state index >= 15 is 0 Å². The van der Waals surface area contributed by atoms with Crippen molar-refractivity contribution in [3.63, 3.8) is 0 Å². The minimum Gasteiger partial charge on any atom is -0.369 e. The van der Waals surface area contributed by atoms with E-state index < -0.39 is 0 Å². The van der Waals surface area contributed by atoms with Crippen molar-refractivity contribution in [2.45, 2.75) is 19.8 Å². The Hall–Kier alpha value is -2.37. The highest BCUT2D eigenvalue weighted by atomic mass is 15.3. The van der Waals surface area contributed by atoms with Crippen LogP contribution in [0.15, 0.2) is 24.7 Å². The van der Waals surface area contributed by atoms with Gasteiger partial charge in [0.2, 0.25) is 0 Å². The Labute approximate surface area is 117 Å². The molecular weight excluding hydrogens is 252 g/mol. The van der Waals surface area contributed by atoms with Crippen molar-refractivity contribution in [3.05, 3.63) is 24.7 Å². The van der Waals surface area contributed by atoms with Crippen molar-refractivity contribution < 1.29 is 0 Å². The molecule has 0 saturated heterocycles. The molecule has 3 aromatic rings. The quantitative estimate of drug-likeness (QED) is 0.699. The highest BCUT2D eigenvalue weighted by Crippen LogP contribution is 2.26. The van der Waals surface area contributed by atoms with E-state index in [-0.39, 0.29) is 0 Å². The number of hydrogen-bond acceptors (Lipinski definition) is 4. The van der Waals surface area contributed by atoms with Crippen molar-refractivity contribution in [2.75, 3.05) is 11.9 Å². The molecule has 3 rings (SSSR count). The molecule has 104 valence electrons. The third kappa shape index (κ3) is 2.24. The fourth-order valence-corrected chi connectivity index (χ4v) is 2.24. The monoisotopic (exact) mass is 270 g/mol. The molecule has 6 nitrogen and oxygen atoms in total. The maximum atomic E-state index is 4.33. The summed E-state index contributed by atoms with van der Waals surface area (Å²) in [7, 11) is 1.92. The van der Waals surface area contributed by atoms with Gasteiger partial charge in [0.25, 0.3) is 0 Å². The Bertz CT molecular complexity index is 711. The van der Waals surface area contributed by atoms with Crippen molar-refractivity contribution in [1.82, 2.24) is 24.7 Å². The van der Waals surface area contributed by atoms with Crippen LogP contribution in [0.4, 0.5) is 5.82 Å². The first-order valence-corrected chi connectivity index (χ1v) is 6.85. The van der Waals surface area contributed by atoms with Gasteiger partial charge in [0, 0.05) is 19.8 Å². The van der Waals surface area contributed by atoms with Gasteiger partial charge < -0.3 is 10.3 Å². The van der Waals surface area contributed by atoms with Crippen LogP contribution in [0, 0.1) is 0 Å². The Balaban J connectivity index is 1.98. The minimum absolute atomic E-state index is 0.843. The number of rotatable bonds is 5. The molecule has 20 heavy (non-hydrogen) atoms. The highest BCUT2D eigenvalue weighted by molar-refractivity contribution is 5.91. The van der Waals surface area contributed by atoms with Crippen molar-refractivity contribution in [2.24, 2.45) is 7.05 Å². The second-order valence-electron chi connectivity index (χ2n) is 4.79. The number of aryl methyl sites for hydroxylation is 1. The smallest absolute Gasteiger partial charge is 0.143 e. The molecule has 0 unspecified atom stereocenters. The lowest BCUT2D eigenvalue weighted by atomic mass is 10.2. The van der Waals surface area contributed by atoms with E-state index in [1.54, 1.807) is 12.5 Å². The van der Waals surface area contributed by atoms with Gasteiger partial charge in [0.1, 0.15) is 17.8 Å². The van der Waals surface area contributed by atoms with Gasteiger partial charge in [-0.25, -0.2) is 9.97 Å². The van der Waals surface area contributed by atoms with E-state index in [4.69, 9.17) is 0 Å². The Morgan fingerprint density at radius 3 is 3.00 bits per heavy atom. The average Bonchev–Trinajstić information content (AvgIpc) is 3.05. The van der Waals surface area contributed by atoms with E-state index in [0.29, 0.717) is 0 Å². The van der Waals surface area contributed by atoms with Gasteiger partial charge in [-0.15, -0.1) is 0 Å². The van der Waals surface area contributed by atoms with Crippen LogP contribution < -0.4 is 5.32 Å². The zero-order valence-electron chi connectivity index (χ0n) is 11.7. The third-order valence-corrected chi connectivity index (χ3v) is 3.35. The Kier molecular flexibility index (Phi) is 3.37. The number of hydrogen-bond donors (Lipinski definition) is 2. The summed E-state index contributed by atoms with van der Waals surface area (Å²) in [5.41, 5.74) is 2.87. The summed E-state index contributed by atoms with van der Waals surface area (Å²) in [4.78, 5) is 11.9. The Morgan fingerprint density at radius 2 is 2.25 bits per heavy atom. The van der Waals surface area contributed by atoms with Crippen molar-refractivity contribution >= 4 is 16.9 Å². The lowest BCUT2D eigenvalue weighted by Gasteiger charge is -2.04. The standard InChI is InChI=1S/C14H18N6/c1-3-4-6-15-13-10-8-11(12-5-7-18-20(12)2)19-14(10)17-9-16-13/h5,7-9H,3-4,6H2,1-2H3,(H2,15,16,17,19). The first-order chi connectivity index (χ1) is 9.79. The molecule has 0 atom stereocenters. The van der Waals surface area contributed by atoms with Crippen LogP contribution in [-0.4, -0.2) is 31.3 Å². The zero-order chi connectivity index (χ0) is 13.9. The molecule has 3 heterocycles. The van der Waals surface area contributed by atoms with Gasteiger partial charge in [0.15, 0.2) is 0 Å². The fourth-order valence-electron chi connectivity index (χ4n) is 2.24. The lowest BCUT2D eigenvalue weighted by Crippen LogP contribution is -2.03. The maximum absolute atomic E-state index is 4.33. The molecule has 6 heteroatoms. The molecule has 3 aromatic heterocycles. The number of nitrogens with one attached hydrogen (secondary N) is 2. The van der Waals surface area contributed by atoms with Gasteiger partial charge in [-0.05, 0) is 18.6 Å². The SMILES string of the molecule is CCCCNc1ncnc2[nH]c(-c3ccnn3C)cc12. The van der Waals surface area contributed by atoms with Crippen molar-refractivity contribution in [1.29, 1.82) is 0 Å². The summed E-state index contributed by atoms with van der Waals surface area (Å²) in [5.74, 6) is 0.883. The number of nitrogens with zero attached hydrogens (tertiary/aromatic N) is 4.